The predicted octanol–water partition coefficient (Wildman–Crippen LogP) is 3.58. The highest BCUT2D eigenvalue weighted by molar-refractivity contribution is 5.94. The summed E-state index contributed by atoms with van der Waals surface area (Å²) in [5.41, 5.74) is 2.79. The number of nitrogens with zero attached hydrogens (tertiary/aromatic N) is 2. The maximum Gasteiger partial charge on any atom is 0.251 e. The topological polar surface area (TPSA) is 56.1 Å². The van der Waals surface area contributed by atoms with Gasteiger partial charge in [0.25, 0.3) is 5.91 Å². The van der Waals surface area contributed by atoms with E-state index in [9.17, 15) is 4.79 Å². The molecule has 1 atom stereocenters. The number of aromatic nitrogens is 2. The minimum absolute atomic E-state index is 0.0292. The molecule has 5 heteroatoms. The molecule has 26 heavy (non-hydrogen) atoms. The van der Waals surface area contributed by atoms with Crippen molar-refractivity contribution in [1.29, 1.82) is 0 Å². The second-order valence-corrected chi connectivity index (χ2v) is 6.49. The van der Waals surface area contributed by atoms with Crippen molar-refractivity contribution in [3.63, 3.8) is 0 Å². The van der Waals surface area contributed by atoms with Crippen molar-refractivity contribution in [2.45, 2.75) is 25.4 Å². The van der Waals surface area contributed by atoms with Crippen molar-refractivity contribution in [3.8, 4) is 5.75 Å². The Morgan fingerprint density at radius 2 is 2.15 bits per heavy atom. The van der Waals surface area contributed by atoms with Crippen molar-refractivity contribution < 1.29 is 9.53 Å². The van der Waals surface area contributed by atoms with Gasteiger partial charge in [-0.25, -0.2) is 4.98 Å². The lowest BCUT2D eigenvalue weighted by Crippen LogP contribution is -2.28. The molecule has 132 valence electrons. The number of rotatable bonds is 4. The van der Waals surface area contributed by atoms with E-state index < -0.39 is 0 Å². The lowest BCUT2D eigenvalue weighted by atomic mass is 10.0. The Morgan fingerprint density at radius 1 is 1.23 bits per heavy atom. The molecule has 3 aromatic rings. The van der Waals surface area contributed by atoms with Gasteiger partial charge >= 0.3 is 0 Å². The van der Waals surface area contributed by atoms with Gasteiger partial charge in [0.1, 0.15) is 5.75 Å². The van der Waals surface area contributed by atoms with Gasteiger partial charge < -0.3 is 14.6 Å². The third kappa shape index (κ3) is 3.61. The first-order chi connectivity index (χ1) is 12.8. The lowest BCUT2D eigenvalue weighted by Gasteiger charge is -2.18. The number of hydrogen-bond acceptors (Lipinski definition) is 3. The molecular formula is C21H21N3O2. The van der Waals surface area contributed by atoms with Crippen molar-refractivity contribution in [2.75, 3.05) is 6.61 Å². The molecule has 0 spiro atoms. The van der Waals surface area contributed by atoms with Crippen LogP contribution in [-0.4, -0.2) is 22.1 Å². The van der Waals surface area contributed by atoms with E-state index in [0.717, 1.165) is 29.7 Å². The van der Waals surface area contributed by atoms with Gasteiger partial charge in [-0.3, -0.25) is 4.79 Å². The summed E-state index contributed by atoms with van der Waals surface area (Å²) < 4.78 is 7.77. The van der Waals surface area contributed by atoms with Crippen molar-refractivity contribution >= 4 is 5.91 Å². The van der Waals surface area contributed by atoms with Gasteiger partial charge in [-0.15, -0.1) is 0 Å². The van der Waals surface area contributed by atoms with Crippen molar-refractivity contribution in [3.05, 3.63) is 83.9 Å². The molecule has 0 aliphatic carbocycles. The van der Waals surface area contributed by atoms with Crippen molar-refractivity contribution in [2.24, 2.45) is 0 Å². The molecular weight excluding hydrogens is 326 g/mol. The molecule has 4 rings (SSSR count). The Hall–Kier alpha value is -3.08. The second kappa shape index (κ2) is 7.44. The quantitative estimate of drug-likeness (QED) is 0.785. The second-order valence-electron chi connectivity index (χ2n) is 6.49. The Balaban J connectivity index is 1.51. The van der Waals surface area contributed by atoms with E-state index in [-0.39, 0.29) is 11.9 Å². The molecule has 1 amide bonds. The van der Waals surface area contributed by atoms with E-state index in [4.69, 9.17) is 4.74 Å². The number of hydrogen-bond donors (Lipinski definition) is 1. The number of ether oxygens (including phenoxy) is 1. The average molecular weight is 347 g/mol. The van der Waals surface area contributed by atoms with E-state index >= 15 is 0 Å². The molecule has 2 aromatic carbocycles. The van der Waals surface area contributed by atoms with Crippen LogP contribution in [0.4, 0.5) is 0 Å². The molecule has 0 bridgehead atoms. The Morgan fingerprint density at radius 3 is 3.04 bits per heavy atom. The maximum atomic E-state index is 12.8. The van der Waals surface area contributed by atoms with Crippen LogP contribution in [0.2, 0.25) is 0 Å². The van der Waals surface area contributed by atoms with E-state index in [1.165, 1.54) is 0 Å². The molecule has 0 saturated carbocycles. The van der Waals surface area contributed by atoms with Crippen LogP contribution >= 0.6 is 0 Å². The molecule has 2 heterocycles. The van der Waals surface area contributed by atoms with Crippen LogP contribution in [0, 0.1) is 0 Å². The summed E-state index contributed by atoms with van der Waals surface area (Å²) in [4.78, 5) is 16.9. The normalized spacial score (nSPS) is 16.2. The van der Waals surface area contributed by atoms with Gasteiger partial charge in [0.15, 0.2) is 0 Å². The van der Waals surface area contributed by atoms with Crippen LogP contribution in [0.25, 0.3) is 0 Å². The summed E-state index contributed by atoms with van der Waals surface area (Å²) in [6, 6.07) is 15.6. The number of para-hydroxylation sites is 1. The highest BCUT2D eigenvalue weighted by Crippen LogP contribution is 2.31. The Labute approximate surface area is 152 Å². The number of benzene rings is 2. The van der Waals surface area contributed by atoms with Crippen LogP contribution in [0.15, 0.2) is 67.3 Å². The summed E-state index contributed by atoms with van der Waals surface area (Å²) in [5, 5.41) is 3.18. The third-order valence-corrected chi connectivity index (χ3v) is 4.61. The SMILES string of the molecule is O=C(NC1CCCOc2ccccc21)c1cccc(Cn2ccnc2)c1. The predicted molar refractivity (Wildman–Crippen MR) is 99.1 cm³/mol. The van der Waals surface area contributed by atoms with Crippen LogP contribution in [0.1, 0.15) is 40.4 Å². The minimum Gasteiger partial charge on any atom is -0.493 e. The highest BCUT2D eigenvalue weighted by Gasteiger charge is 2.21. The fourth-order valence-electron chi connectivity index (χ4n) is 3.32. The molecule has 0 fully saturated rings. The van der Waals surface area contributed by atoms with Crippen molar-refractivity contribution in [1.82, 2.24) is 14.9 Å². The number of imidazole rings is 1. The number of fused-ring (bicyclic) bond motifs is 1. The molecule has 1 N–H and O–H groups in total. The maximum absolute atomic E-state index is 12.8. The van der Waals surface area contributed by atoms with Gasteiger partial charge in [0.2, 0.25) is 0 Å². The van der Waals surface area contributed by atoms with Gasteiger partial charge in [0, 0.05) is 30.1 Å². The third-order valence-electron chi connectivity index (χ3n) is 4.61. The van der Waals surface area contributed by atoms with Gasteiger partial charge in [0.05, 0.1) is 19.0 Å². The van der Waals surface area contributed by atoms with Gasteiger partial charge in [-0.1, -0.05) is 30.3 Å². The van der Waals surface area contributed by atoms with Crippen LogP contribution in [0.3, 0.4) is 0 Å². The minimum atomic E-state index is -0.0563. The molecule has 1 aliphatic rings. The Kier molecular flexibility index (Phi) is 4.69. The van der Waals surface area contributed by atoms with E-state index in [1.54, 1.807) is 12.5 Å². The summed E-state index contributed by atoms with van der Waals surface area (Å²) >= 11 is 0. The highest BCUT2D eigenvalue weighted by atomic mass is 16.5. The number of carbonyl (C=O) groups excluding carboxylic acids is 1. The first-order valence-corrected chi connectivity index (χ1v) is 8.87. The molecule has 1 aromatic heterocycles. The number of amides is 1. The monoisotopic (exact) mass is 347 g/mol. The number of carbonyl (C=O) groups is 1. The molecule has 1 unspecified atom stereocenters. The lowest BCUT2D eigenvalue weighted by molar-refractivity contribution is 0.0934. The molecule has 0 saturated heterocycles. The molecule has 0 radical (unpaired) electrons. The first-order valence-electron chi connectivity index (χ1n) is 8.87. The van der Waals surface area contributed by atoms with Gasteiger partial charge in [-0.2, -0.15) is 0 Å². The van der Waals surface area contributed by atoms with Crippen LogP contribution in [0.5, 0.6) is 5.75 Å². The smallest absolute Gasteiger partial charge is 0.251 e. The number of nitrogens with one attached hydrogen (secondary N) is 1. The fourth-order valence-corrected chi connectivity index (χ4v) is 3.32. The average Bonchev–Trinajstić information content (AvgIpc) is 3.09. The molecule has 1 aliphatic heterocycles. The summed E-state index contributed by atoms with van der Waals surface area (Å²) in [6.07, 6.45) is 7.23. The Bertz CT molecular complexity index is 890. The standard InChI is InChI=1S/C21H21N3O2/c25-21(17-6-3-5-16(13-17)14-24-11-10-22-15-24)23-19-8-4-12-26-20-9-2-1-7-18(19)20/h1-3,5-7,9-11,13,15,19H,4,8,12,14H2,(H,23,25). The fraction of sp³-hybridized carbons (Fsp3) is 0.238. The summed E-state index contributed by atoms with van der Waals surface area (Å²) in [6.45, 7) is 1.38. The van der Waals surface area contributed by atoms with Gasteiger partial charge in [-0.05, 0) is 36.6 Å². The zero-order valence-electron chi connectivity index (χ0n) is 14.5. The summed E-state index contributed by atoms with van der Waals surface area (Å²) in [7, 11) is 0. The van der Waals surface area contributed by atoms with Crippen LogP contribution in [-0.2, 0) is 6.54 Å². The largest absolute Gasteiger partial charge is 0.493 e. The van der Waals surface area contributed by atoms with Crippen LogP contribution < -0.4 is 10.1 Å². The van der Waals surface area contributed by atoms with E-state index in [2.05, 4.69) is 10.3 Å². The van der Waals surface area contributed by atoms with E-state index in [1.807, 2.05) is 59.3 Å². The zero-order valence-corrected chi connectivity index (χ0v) is 14.5. The first kappa shape index (κ1) is 16.4. The zero-order chi connectivity index (χ0) is 17.8. The summed E-state index contributed by atoms with van der Waals surface area (Å²) in [5.74, 6) is 0.809. The molecule has 5 nitrogen and oxygen atoms in total. The van der Waals surface area contributed by atoms with E-state index in [0.29, 0.717) is 18.7 Å².